The minimum Gasteiger partial charge on any atom is -0.255 e. The average molecular weight is 585 g/mol. The molecule has 0 fully saturated rings. The molecule has 3 rings (SSSR count). The van der Waals surface area contributed by atoms with Crippen molar-refractivity contribution in [2.45, 2.75) is 69.2 Å². The van der Waals surface area contributed by atoms with Gasteiger partial charge in [0.2, 0.25) is 0 Å². The second-order valence-electron chi connectivity index (χ2n) is 8.88. The van der Waals surface area contributed by atoms with Crippen LogP contribution in [0.15, 0.2) is 109 Å². The summed E-state index contributed by atoms with van der Waals surface area (Å²) >= 11 is 9.28. The van der Waals surface area contributed by atoms with Crippen molar-refractivity contribution in [2.75, 3.05) is 19.9 Å². The molecule has 0 aliphatic rings. The second kappa shape index (κ2) is 65.1. The van der Waals surface area contributed by atoms with E-state index in [0.29, 0.717) is 7.18 Å². The lowest BCUT2D eigenvalue weighted by Gasteiger charge is -1.79. The molecule has 4 heteroatoms. The van der Waals surface area contributed by atoms with Crippen LogP contribution in [0.2, 0.25) is 0 Å². The van der Waals surface area contributed by atoms with Crippen LogP contribution in [0.3, 0.4) is 0 Å². The molecule has 0 aliphatic heterocycles. The molecule has 3 aromatic carbocycles. The van der Waals surface area contributed by atoms with Crippen molar-refractivity contribution in [3.63, 3.8) is 0 Å². The summed E-state index contributed by atoms with van der Waals surface area (Å²) in [6.07, 6.45) is 2.94. The van der Waals surface area contributed by atoms with E-state index in [1.165, 1.54) is 19.7 Å². The predicted molar refractivity (Wildman–Crippen MR) is 183 cm³/mol. The molecule has 1 nitrogen and oxygen atoms in total. The number of hydrogen-bond acceptors (Lipinski definition) is 1. The molecule has 0 aliphatic carbocycles. The first-order valence-corrected chi connectivity index (χ1v) is 14.6. The maximum atomic E-state index is 9.50. The molecule has 0 saturated heterocycles. The third kappa shape index (κ3) is 165. The molecule has 0 amide bonds. The highest BCUT2D eigenvalue weighted by atomic mass is 35.5. The normalized spacial score (nSPS) is 7.13. The molecule has 0 bridgehead atoms. The number of rotatable bonds is 0. The molecule has 0 radical (unpaired) electrons. The van der Waals surface area contributed by atoms with Gasteiger partial charge in [0.15, 0.2) is 0 Å². The fraction of sp³-hybridized carbons (Fsp3) is 0.457. The monoisotopic (exact) mass is 583 g/mol. The summed E-state index contributed by atoms with van der Waals surface area (Å²) in [4.78, 5) is 0. The summed E-state index contributed by atoms with van der Waals surface area (Å²) in [5.74, 6) is 2.50. The molecule has 0 unspecified atom stereocenters. The van der Waals surface area contributed by atoms with Gasteiger partial charge in [0.1, 0.15) is 0 Å². The van der Waals surface area contributed by atoms with Crippen LogP contribution in [-0.2, 0) is 0 Å². The lowest BCUT2D eigenvalue weighted by Crippen LogP contribution is -1.66. The van der Waals surface area contributed by atoms with Crippen LogP contribution in [-0.4, -0.2) is 19.9 Å². The first kappa shape index (κ1) is 53.0. The van der Waals surface area contributed by atoms with Crippen LogP contribution in [0.4, 0.5) is 4.39 Å². The third-order valence-corrected chi connectivity index (χ3v) is 2.00. The maximum Gasteiger partial charge on any atom is 0.0785 e. The van der Waals surface area contributed by atoms with E-state index < -0.39 is 0 Å². The lowest BCUT2D eigenvalue weighted by atomic mass is 10.3. The molecule has 0 heterocycles. The van der Waals surface area contributed by atoms with Crippen molar-refractivity contribution < 1.29 is 4.39 Å². The first-order chi connectivity index (χ1) is 18.6. The van der Waals surface area contributed by atoms with Gasteiger partial charge in [-0.3, -0.25) is 4.39 Å². The topological polar surface area (TPSA) is 23.8 Å². The van der Waals surface area contributed by atoms with Gasteiger partial charge in [-0.1, -0.05) is 172 Å². The summed E-state index contributed by atoms with van der Waals surface area (Å²) in [6.45, 7) is 20.9. The van der Waals surface area contributed by atoms with E-state index in [9.17, 15) is 4.39 Å². The Morgan fingerprint density at radius 1 is 0.385 bits per heavy atom. The summed E-state index contributed by atoms with van der Waals surface area (Å²) < 4.78 is 9.50. The van der Waals surface area contributed by atoms with Crippen molar-refractivity contribution >= 4 is 23.2 Å². The Hall–Kier alpha value is -2.34. The number of alkyl halides is 3. The zero-order chi connectivity index (χ0) is 32.2. The fourth-order valence-electron chi connectivity index (χ4n) is 1.15. The molecule has 3 aromatic rings. The lowest BCUT2D eigenvalue weighted by molar-refractivity contribution is 0.636. The maximum absolute atomic E-state index is 9.50. The fourth-order valence-corrected chi connectivity index (χ4v) is 1.15. The van der Waals surface area contributed by atoms with E-state index in [1.54, 1.807) is 6.07 Å². The van der Waals surface area contributed by atoms with Crippen LogP contribution in [0, 0.1) is 29.1 Å². The standard InChI is InChI=1S/3C6H6.3C4H10.C2H3N.2CH3Cl.CH3F/c3*1-2-4-6-5-3-1;3*1-4(2)3;1-2-3;3*1-2/h3*1-6H;3*4H,1-3H3;1H3;3*1H3. The molecule has 0 atom stereocenters. The zero-order valence-electron chi connectivity index (χ0n) is 27.2. The van der Waals surface area contributed by atoms with E-state index in [2.05, 4.69) is 85.5 Å². The summed E-state index contributed by atoms with van der Waals surface area (Å²) in [5, 5.41) is 7.32. The molecule has 0 saturated carbocycles. The van der Waals surface area contributed by atoms with Crippen molar-refractivity contribution in [3.05, 3.63) is 109 Å². The predicted octanol–water partition coefficient (Wildman–Crippen LogP) is 12.9. The Morgan fingerprint density at radius 3 is 0.436 bits per heavy atom. The number of hydrogen-bond donors (Lipinski definition) is 0. The van der Waals surface area contributed by atoms with E-state index >= 15 is 0 Å². The number of nitriles is 1. The smallest absolute Gasteiger partial charge is 0.0785 e. The second-order valence-corrected chi connectivity index (χ2v) is 8.88. The van der Waals surface area contributed by atoms with Gasteiger partial charge < -0.3 is 0 Å². The number of nitrogens with zero attached hydrogens (tertiary/aromatic N) is 1. The van der Waals surface area contributed by atoms with Crippen LogP contribution in [0.25, 0.3) is 0 Å². The van der Waals surface area contributed by atoms with Crippen LogP contribution >= 0.6 is 23.2 Å². The van der Waals surface area contributed by atoms with Gasteiger partial charge in [0.25, 0.3) is 0 Å². The molecule has 0 aromatic heterocycles. The third-order valence-electron chi connectivity index (χ3n) is 2.00. The largest absolute Gasteiger partial charge is 0.255 e. The van der Waals surface area contributed by atoms with Crippen LogP contribution in [0.5, 0.6) is 0 Å². The first-order valence-electron chi connectivity index (χ1n) is 13.1. The molecule has 0 spiro atoms. The van der Waals surface area contributed by atoms with Gasteiger partial charge in [0, 0.05) is 19.7 Å². The zero-order valence-corrected chi connectivity index (χ0v) is 28.7. The van der Waals surface area contributed by atoms with Crippen molar-refractivity contribution in [1.29, 1.82) is 5.26 Å². The Morgan fingerprint density at radius 2 is 0.410 bits per heavy atom. The van der Waals surface area contributed by atoms with E-state index in [1.807, 2.05) is 109 Å². The highest BCUT2D eigenvalue weighted by Crippen LogP contribution is 1.83. The Balaban J connectivity index is -0.0000000601. The molecule has 226 valence electrons. The minimum absolute atomic E-state index is 0.500. The number of halogens is 3. The van der Waals surface area contributed by atoms with Gasteiger partial charge >= 0.3 is 0 Å². The van der Waals surface area contributed by atoms with E-state index in [4.69, 9.17) is 5.26 Å². The average Bonchev–Trinajstić information content (AvgIpc) is 2.95. The van der Waals surface area contributed by atoms with Gasteiger partial charge in [-0.25, -0.2) is 0 Å². The Bertz CT molecular complexity index is 494. The summed E-state index contributed by atoms with van der Waals surface area (Å²) in [6, 6.07) is 37.8. The van der Waals surface area contributed by atoms with Crippen LogP contribution in [0.1, 0.15) is 69.2 Å². The molecule has 0 N–H and O–H groups in total. The summed E-state index contributed by atoms with van der Waals surface area (Å²) in [7, 11) is 0.500. The number of benzene rings is 3. The van der Waals surface area contributed by atoms with Crippen molar-refractivity contribution in [1.82, 2.24) is 0 Å². The molecule has 39 heavy (non-hydrogen) atoms. The van der Waals surface area contributed by atoms with Gasteiger partial charge in [-0.2, -0.15) is 5.26 Å². The Kier molecular flexibility index (Phi) is 88.4. The quantitative estimate of drug-likeness (QED) is 0.241. The van der Waals surface area contributed by atoms with Gasteiger partial charge in [-0.15, -0.1) is 23.2 Å². The van der Waals surface area contributed by atoms with E-state index in [0.717, 1.165) is 17.8 Å². The van der Waals surface area contributed by atoms with Gasteiger partial charge in [-0.05, 0) is 17.8 Å². The van der Waals surface area contributed by atoms with Gasteiger partial charge in [0.05, 0.1) is 13.2 Å². The highest BCUT2D eigenvalue weighted by Gasteiger charge is 1.69. The minimum atomic E-state index is 0.500. The highest BCUT2D eigenvalue weighted by molar-refractivity contribution is 6.15. The van der Waals surface area contributed by atoms with Crippen molar-refractivity contribution in [3.8, 4) is 6.07 Å². The van der Waals surface area contributed by atoms with Crippen molar-refractivity contribution in [2.24, 2.45) is 17.8 Å². The Labute approximate surface area is 254 Å². The van der Waals surface area contributed by atoms with Crippen LogP contribution < -0.4 is 0 Å². The molecular formula is C35H60Cl2FN. The SMILES string of the molecule is CC#N.CC(C)C.CC(C)C.CC(C)C.CCl.CCl.CF.c1ccccc1.c1ccccc1.c1ccccc1. The molecular weight excluding hydrogens is 524 g/mol. The van der Waals surface area contributed by atoms with E-state index in [-0.39, 0.29) is 0 Å². The summed E-state index contributed by atoms with van der Waals surface area (Å²) in [5.41, 5.74) is 0.